The first kappa shape index (κ1) is 21.5. The van der Waals surface area contributed by atoms with Crippen molar-refractivity contribution in [2.75, 3.05) is 0 Å². The first-order valence-corrected chi connectivity index (χ1v) is 13.5. The summed E-state index contributed by atoms with van der Waals surface area (Å²) >= 11 is 0. The molecule has 0 amide bonds. The average Bonchev–Trinajstić information content (AvgIpc) is 3.57. The second-order valence-corrected chi connectivity index (χ2v) is 10.3. The summed E-state index contributed by atoms with van der Waals surface area (Å²) < 4.78 is 4.69. The lowest BCUT2D eigenvalue weighted by Gasteiger charge is -2.12. The highest BCUT2D eigenvalue weighted by Crippen LogP contribution is 2.39. The molecule has 186 valence electrons. The van der Waals surface area contributed by atoms with Crippen LogP contribution in [-0.2, 0) is 0 Å². The van der Waals surface area contributed by atoms with E-state index in [1.54, 1.807) is 0 Å². The summed E-state index contributed by atoms with van der Waals surface area (Å²) in [7, 11) is 0. The molecule has 0 aliphatic rings. The number of nitrogens with zero attached hydrogens (tertiary/aromatic N) is 4. The standard InChI is InChI=1S/C36H22N4/c1-2-10-23(11-3-1)24-18-25(22-37-21-24)39-32-16-8-6-13-27(32)30-20-35-29(19-34(30)39)26-12-4-5-14-28(26)36-38-31-15-7-9-17-33(31)40(35)36/h1-22H. The maximum Gasteiger partial charge on any atom is 0.146 e. The molecule has 0 atom stereocenters. The molecule has 9 rings (SSSR count). The zero-order valence-electron chi connectivity index (χ0n) is 21.5. The molecule has 9 aromatic rings. The molecular weight excluding hydrogens is 488 g/mol. The van der Waals surface area contributed by atoms with Crippen LogP contribution < -0.4 is 0 Å². The van der Waals surface area contributed by atoms with E-state index in [-0.39, 0.29) is 0 Å². The van der Waals surface area contributed by atoms with Crippen molar-refractivity contribution in [2.45, 2.75) is 0 Å². The Balaban J connectivity index is 1.46. The molecular formula is C36H22N4. The molecule has 0 aliphatic heterocycles. The minimum absolute atomic E-state index is 0.993. The lowest BCUT2D eigenvalue weighted by Crippen LogP contribution is -1.96. The average molecular weight is 511 g/mol. The normalized spacial score (nSPS) is 12.0. The molecule has 0 fully saturated rings. The highest BCUT2D eigenvalue weighted by molar-refractivity contribution is 6.20. The summed E-state index contributed by atoms with van der Waals surface area (Å²) in [5.41, 5.74) is 9.91. The van der Waals surface area contributed by atoms with Gasteiger partial charge in [-0.15, -0.1) is 0 Å². The van der Waals surface area contributed by atoms with Crippen LogP contribution in [0.15, 0.2) is 134 Å². The third-order valence-corrected chi connectivity index (χ3v) is 8.14. The molecule has 0 saturated carbocycles. The van der Waals surface area contributed by atoms with E-state index in [9.17, 15) is 0 Å². The van der Waals surface area contributed by atoms with Crippen molar-refractivity contribution in [3.05, 3.63) is 134 Å². The van der Waals surface area contributed by atoms with Crippen molar-refractivity contribution in [1.29, 1.82) is 0 Å². The van der Waals surface area contributed by atoms with E-state index < -0.39 is 0 Å². The van der Waals surface area contributed by atoms with Crippen molar-refractivity contribution in [1.82, 2.24) is 18.9 Å². The van der Waals surface area contributed by atoms with Gasteiger partial charge in [0.25, 0.3) is 0 Å². The minimum atomic E-state index is 0.993. The number of pyridine rings is 2. The summed E-state index contributed by atoms with van der Waals surface area (Å²) in [5, 5.41) is 5.99. The largest absolute Gasteiger partial charge is 0.308 e. The van der Waals surface area contributed by atoms with Crippen LogP contribution in [-0.4, -0.2) is 18.9 Å². The van der Waals surface area contributed by atoms with Crippen LogP contribution in [0.2, 0.25) is 0 Å². The van der Waals surface area contributed by atoms with Crippen molar-refractivity contribution in [3.8, 4) is 16.8 Å². The predicted octanol–water partition coefficient (Wildman–Crippen LogP) is 8.95. The summed E-state index contributed by atoms with van der Waals surface area (Å²) in [5.74, 6) is 0. The molecule has 4 heterocycles. The quantitative estimate of drug-likeness (QED) is 0.218. The van der Waals surface area contributed by atoms with E-state index in [1.807, 2.05) is 18.5 Å². The maximum atomic E-state index is 5.08. The Morgan fingerprint density at radius 3 is 2.00 bits per heavy atom. The smallest absolute Gasteiger partial charge is 0.146 e. The maximum absolute atomic E-state index is 5.08. The molecule has 0 unspecified atom stereocenters. The SMILES string of the molecule is c1ccc(-c2cncc(-n3c4ccccc4c4cc5c(cc43)c3ccccc3c3nc4ccccc4n53)c2)cc1. The van der Waals surface area contributed by atoms with Gasteiger partial charge in [0.05, 0.1) is 39.5 Å². The molecule has 4 aromatic heterocycles. The Bertz CT molecular complexity index is 2430. The number of hydrogen-bond donors (Lipinski definition) is 0. The van der Waals surface area contributed by atoms with Crippen LogP contribution in [0.25, 0.3) is 77.0 Å². The molecule has 0 saturated heterocycles. The van der Waals surface area contributed by atoms with Crippen LogP contribution in [0.1, 0.15) is 0 Å². The number of imidazole rings is 1. The van der Waals surface area contributed by atoms with Gasteiger partial charge in [0.2, 0.25) is 0 Å². The monoisotopic (exact) mass is 510 g/mol. The Labute approximate surface area is 229 Å². The van der Waals surface area contributed by atoms with E-state index in [1.165, 1.54) is 21.5 Å². The first-order valence-electron chi connectivity index (χ1n) is 13.5. The molecule has 0 radical (unpaired) electrons. The highest BCUT2D eigenvalue weighted by atomic mass is 15.0. The van der Waals surface area contributed by atoms with Gasteiger partial charge in [-0.1, -0.05) is 84.9 Å². The van der Waals surface area contributed by atoms with E-state index in [0.29, 0.717) is 0 Å². The third-order valence-electron chi connectivity index (χ3n) is 8.14. The Kier molecular flexibility index (Phi) is 4.30. The Morgan fingerprint density at radius 1 is 0.450 bits per heavy atom. The fraction of sp³-hybridized carbons (Fsp3) is 0. The van der Waals surface area contributed by atoms with Gasteiger partial charge in [-0.25, -0.2) is 4.98 Å². The summed E-state index contributed by atoms with van der Waals surface area (Å²) in [6.45, 7) is 0. The van der Waals surface area contributed by atoms with E-state index in [0.717, 1.165) is 55.4 Å². The van der Waals surface area contributed by atoms with E-state index in [2.05, 4.69) is 129 Å². The molecule has 4 heteroatoms. The van der Waals surface area contributed by atoms with Gasteiger partial charge in [0.1, 0.15) is 5.65 Å². The minimum Gasteiger partial charge on any atom is -0.308 e. The lowest BCUT2D eigenvalue weighted by atomic mass is 10.0. The number of para-hydroxylation sites is 3. The summed E-state index contributed by atoms with van der Waals surface area (Å²) in [6.07, 6.45) is 3.91. The number of rotatable bonds is 2. The van der Waals surface area contributed by atoms with Gasteiger partial charge in [-0.3, -0.25) is 9.38 Å². The summed E-state index contributed by atoms with van der Waals surface area (Å²) in [4.78, 5) is 9.75. The van der Waals surface area contributed by atoms with Crippen molar-refractivity contribution >= 4 is 60.2 Å². The third kappa shape index (κ3) is 2.90. The lowest BCUT2D eigenvalue weighted by molar-refractivity contribution is 1.14. The van der Waals surface area contributed by atoms with Crippen LogP contribution in [0.3, 0.4) is 0 Å². The predicted molar refractivity (Wildman–Crippen MR) is 165 cm³/mol. The van der Waals surface area contributed by atoms with E-state index in [4.69, 9.17) is 4.98 Å². The molecule has 40 heavy (non-hydrogen) atoms. The van der Waals surface area contributed by atoms with Crippen molar-refractivity contribution in [2.24, 2.45) is 0 Å². The molecule has 0 spiro atoms. The molecule has 5 aromatic carbocycles. The number of hydrogen-bond acceptors (Lipinski definition) is 2. The van der Waals surface area contributed by atoms with Crippen LogP contribution in [0.5, 0.6) is 0 Å². The first-order chi connectivity index (χ1) is 19.8. The van der Waals surface area contributed by atoms with Gasteiger partial charge in [0.15, 0.2) is 0 Å². The zero-order chi connectivity index (χ0) is 26.2. The zero-order valence-corrected chi connectivity index (χ0v) is 21.5. The fourth-order valence-corrected chi connectivity index (χ4v) is 6.38. The van der Waals surface area contributed by atoms with E-state index >= 15 is 0 Å². The van der Waals surface area contributed by atoms with Gasteiger partial charge in [-0.05, 0) is 47.3 Å². The van der Waals surface area contributed by atoms with Gasteiger partial charge < -0.3 is 4.57 Å². The second kappa shape index (κ2) is 8.01. The fourth-order valence-electron chi connectivity index (χ4n) is 6.38. The van der Waals surface area contributed by atoms with Crippen molar-refractivity contribution < 1.29 is 0 Å². The van der Waals surface area contributed by atoms with Crippen LogP contribution in [0, 0.1) is 0 Å². The van der Waals surface area contributed by atoms with Gasteiger partial charge >= 0.3 is 0 Å². The van der Waals surface area contributed by atoms with Crippen LogP contribution in [0.4, 0.5) is 0 Å². The van der Waals surface area contributed by atoms with Crippen LogP contribution >= 0.6 is 0 Å². The Hall–Kier alpha value is -5.48. The number of fused-ring (bicyclic) bond motifs is 11. The topological polar surface area (TPSA) is 35.1 Å². The molecule has 0 aliphatic carbocycles. The van der Waals surface area contributed by atoms with Crippen molar-refractivity contribution in [3.63, 3.8) is 0 Å². The molecule has 0 N–H and O–H groups in total. The number of aromatic nitrogens is 4. The molecule has 0 bridgehead atoms. The van der Waals surface area contributed by atoms with Gasteiger partial charge in [-0.2, -0.15) is 0 Å². The second-order valence-electron chi connectivity index (χ2n) is 10.3. The Morgan fingerprint density at radius 2 is 1.12 bits per heavy atom. The summed E-state index contributed by atoms with van der Waals surface area (Å²) in [6, 6.07) is 43.1. The number of benzene rings is 5. The van der Waals surface area contributed by atoms with Gasteiger partial charge in [0, 0.05) is 33.3 Å². The molecule has 4 nitrogen and oxygen atoms in total. The highest BCUT2D eigenvalue weighted by Gasteiger charge is 2.18.